The Hall–Kier alpha value is -2.82. The summed E-state index contributed by atoms with van der Waals surface area (Å²) < 4.78 is 10.8. The highest BCUT2D eigenvalue weighted by Crippen LogP contribution is 2.20. The van der Waals surface area contributed by atoms with Crippen LogP contribution in [0.5, 0.6) is 5.75 Å². The monoisotopic (exact) mass is 355 g/mol. The number of hydrogen-bond donors (Lipinski definition) is 1. The maximum Gasteiger partial charge on any atom is 0.340 e. The first kappa shape index (κ1) is 19.5. The highest BCUT2D eigenvalue weighted by molar-refractivity contribution is 6.01. The van der Waals surface area contributed by atoms with Crippen LogP contribution in [0.4, 0.5) is 5.69 Å². The Bertz CT molecular complexity index is 770. The van der Waals surface area contributed by atoms with Crippen molar-refractivity contribution in [1.82, 2.24) is 0 Å². The molecule has 0 spiro atoms. The number of esters is 1. The highest BCUT2D eigenvalue weighted by Gasteiger charge is 2.13. The molecule has 1 N–H and O–H groups in total. The predicted octanol–water partition coefficient (Wildman–Crippen LogP) is 4.28. The normalized spacial score (nSPS) is 10.3. The number of ether oxygens (including phenoxy) is 2. The topological polar surface area (TPSA) is 64.6 Å². The number of amides is 1. The Morgan fingerprint density at radius 3 is 2.62 bits per heavy atom. The van der Waals surface area contributed by atoms with Crippen molar-refractivity contribution in [1.29, 1.82) is 0 Å². The largest absolute Gasteiger partial charge is 0.493 e. The van der Waals surface area contributed by atoms with Crippen LogP contribution in [0.2, 0.25) is 0 Å². The lowest BCUT2D eigenvalue weighted by molar-refractivity contribution is -0.116. The first-order valence-electron chi connectivity index (χ1n) is 8.77. The standard InChI is InChI=1S/C21H25NO4/c1-4-25-21(24)17-8-5-6-9-18(17)22-20(23)10-7-13-26-19-14-15(2)11-12-16(19)3/h5-6,8-9,11-12,14H,4,7,10,13H2,1-3H3,(H,22,23). The molecule has 2 aromatic rings. The lowest BCUT2D eigenvalue weighted by Crippen LogP contribution is -2.16. The Morgan fingerprint density at radius 2 is 1.85 bits per heavy atom. The molecular weight excluding hydrogens is 330 g/mol. The molecule has 0 saturated heterocycles. The van der Waals surface area contributed by atoms with Gasteiger partial charge in [0.05, 0.1) is 24.5 Å². The molecule has 0 aliphatic heterocycles. The SMILES string of the molecule is CCOC(=O)c1ccccc1NC(=O)CCCOc1cc(C)ccc1C. The zero-order valence-corrected chi connectivity index (χ0v) is 15.5. The minimum atomic E-state index is -0.443. The molecule has 0 aromatic heterocycles. The third-order valence-corrected chi connectivity index (χ3v) is 3.85. The maximum atomic E-state index is 12.2. The van der Waals surface area contributed by atoms with Gasteiger partial charge in [-0.1, -0.05) is 24.3 Å². The molecule has 0 saturated carbocycles. The second-order valence-corrected chi connectivity index (χ2v) is 6.04. The van der Waals surface area contributed by atoms with Crippen LogP contribution in [-0.2, 0) is 9.53 Å². The first-order chi connectivity index (χ1) is 12.5. The number of nitrogens with one attached hydrogen (secondary N) is 1. The van der Waals surface area contributed by atoms with Crippen LogP contribution in [0, 0.1) is 13.8 Å². The van der Waals surface area contributed by atoms with Gasteiger partial charge >= 0.3 is 5.97 Å². The highest BCUT2D eigenvalue weighted by atomic mass is 16.5. The minimum Gasteiger partial charge on any atom is -0.493 e. The van der Waals surface area contributed by atoms with Crippen molar-refractivity contribution in [2.75, 3.05) is 18.5 Å². The number of para-hydroxylation sites is 1. The molecule has 5 heteroatoms. The molecule has 138 valence electrons. The summed E-state index contributed by atoms with van der Waals surface area (Å²) in [6.07, 6.45) is 0.892. The van der Waals surface area contributed by atoms with Crippen molar-refractivity contribution in [3.05, 3.63) is 59.2 Å². The molecule has 5 nitrogen and oxygen atoms in total. The lowest BCUT2D eigenvalue weighted by atomic mass is 10.1. The predicted molar refractivity (Wildman–Crippen MR) is 102 cm³/mol. The molecule has 26 heavy (non-hydrogen) atoms. The summed E-state index contributed by atoms with van der Waals surface area (Å²) in [5.74, 6) is 0.242. The molecule has 0 unspecified atom stereocenters. The molecule has 0 aliphatic rings. The number of aryl methyl sites for hydroxylation is 2. The summed E-state index contributed by atoms with van der Waals surface area (Å²) in [6.45, 7) is 6.50. The van der Waals surface area contributed by atoms with Gasteiger partial charge in [0, 0.05) is 6.42 Å². The van der Waals surface area contributed by atoms with Gasteiger partial charge in [-0.05, 0) is 56.5 Å². The smallest absolute Gasteiger partial charge is 0.340 e. The molecular formula is C21H25NO4. The van der Waals surface area contributed by atoms with Crippen molar-refractivity contribution in [2.45, 2.75) is 33.6 Å². The number of carbonyl (C=O) groups excluding carboxylic acids is 2. The number of anilines is 1. The van der Waals surface area contributed by atoms with Gasteiger partial charge in [-0.3, -0.25) is 4.79 Å². The summed E-state index contributed by atoms with van der Waals surface area (Å²) in [5.41, 5.74) is 3.03. The fraction of sp³-hybridized carbons (Fsp3) is 0.333. The van der Waals surface area contributed by atoms with Crippen LogP contribution in [0.1, 0.15) is 41.3 Å². The van der Waals surface area contributed by atoms with Crippen molar-refractivity contribution in [3.63, 3.8) is 0 Å². The van der Waals surface area contributed by atoms with E-state index in [0.717, 1.165) is 16.9 Å². The third-order valence-electron chi connectivity index (χ3n) is 3.85. The maximum absolute atomic E-state index is 12.2. The van der Waals surface area contributed by atoms with Gasteiger partial charge in [0.2, 0.25) is 5.91 Å². The van der Waals surface area contributed by atoms with Crippen molar-refractivity contribution >= 4 is 17.6 Å². The van der Waals surface area contributed by atoms with Crippen LogP contribution in [0.15, 0.2) is 42.5 Å². The van der Waals surface area contributed by atoms with E-state index in [4.69, 9.17) is 9.47 Å². The molecule has 0 aliphatic carbocycles. The van der Waals surface area contributed by atoms with E-state index in [2.05, 4.69) is 5.32 Å². The lowest BCUT2D eigenvalue weighted by Gasteiger charge is -2.11. The minimum absolute atomic E-state index is 0.161. The second kappa shape index (κ2) is 9.61. The average molecular weight is 355 g/mol. The van der Waals surface area contributed by atoms with E-state index in [0.29, 0.717) is 30.7 Å². The van der Waals surface area contributed by atoms with Crippen LogP contribution >= 0.6 is 0 Å². The van der Waals surface area contributed by atoms with Gasteiger partial charge in [0.1, 0.15) is 5.75 Å². The van der Waals surface area contributed by atoms with E-state index in [1.807, 2.05) is 32.0 Å². The summed E-state index contributed by atoms with van der Waals surface area (Å²) >= 11 is 0. The van der Waals surface area contributed by atoms with Gasteiger partial charge in [-0.2, -0.15) is 0 Å². The summed E-state index contributed by atoms with van der Waals surface area (Å²) in [4.78, 5) is 24.1. The Morgan fingerprint density at radius 1 is 1.08 bits per heavy atom. The van der Waals surface area contributed by atoms with Crippen molar-refractivity contribution in [3.8, 4) is 5.75 Å². The molecule has 0 bridgehead atoms. The van der Waals surface area contributed by atoms with Gasteiger partial charge in [-0.15, -0.1) is 0 Å². The molecule has 2 rings (SSSR count). The van der Waals surface area contributed by atoms with E-state index >= 15 is 0 Å². The Kier molecular flexibility index (Phi) is 7.21. The Labute approximate surface area is 154 Å². The summed E-state index contributed by atoms with van der Waals surface area (Å²) in [6, 6.07) is 12.9. The third kappa shape index (κ3) is 5.62. The zero-order valence-electron chi connectivity index (χ0n) is 15.5. The molecule has 2 aromatic carbocycles. The first-order valence-corrected chi connectivity index (χ1v) is 8.77. The number of hydrogen-bond acceptors (Lipinski definition) is 4. The van der Waals surface area contributed by atoms with Crippen LogP contribution in [0.3, 0.4) is 0 Å². The molecule has 0 fully saturated rings. The number of benzene rings is 2. The fourth-order valence-electron chi connectivity index (χ4n) is 2.47. The average Bonchev–Trinajstić information content (AvgIpc) is 2.62. The fourth-order valence-corrected chi connectivity index (χ4v) is 2.47. The molecule has 1 amide bonds. The van der Waals surface area contributed by atoms with Crippen molar-refractivity contribution < 1.29 is 19.1 Å². The quantitative estimate of drug-likeness (QED) is 0.567. The molecule has 0 atom stereocenters. The Balaban J connectivity index is 1.84. The van der Waals surface area contributed by atoms with Crippen LogP contribution in [-0.4, -0.2) is 25.1 Å². The van der Waals surface area contributed by atoms with Gasteiger partial charge in [0.25, 0.3) is 0 Å². The van der Waals surface area contributed by atoms with Gasteiger partial charge in [-0.25, -0.2) is 4.79 Å². The summed E-state index contributed by atoms with van der Waals surface area (Å²) in [5, 5.41) is 2.77. The van der Waals surface area contributed by atoms with E-state index in [9.17, 15) is 9.59 Å². The summed E-state index contributed by atoms with van der Waals surface area (Å²) in [7, 11) is 0. The van der Waals surface area contributed by atoms with Crippen molar-refractivity contribution in [2.24, 2.45) is 0 Å². The van der Waals surface area contributed by atoms with Gasteiger partial charge in [0.15, 0.2) is 0 Å². The molecule has 0 heterocycles. The van der Waals surface area contributed by atoms with Gasteiger partial charge < -0.3 is 14.8 Å². The second-order valence-electron chi connectivity index (χ2n) is 6.04. The van der Waals surface area contributed by atoms with E-state index in [1.165, 1.54) is 0 Å². The van der Waals surface area contributed by atoms with Crippen LogP contribution in [0.25, 0.3) is 0 Å². The van der Waals surface area contributed by atoms with E-state index in [-0.39, 0.29) is 12.5 Å². The number of rotatable bonds is 8. The molecule has 0 radical (unpaired) electrons. The zero-order chi connectivity index (χ0) is 18.9. The van der Waals surface area contributed by atoms with Crippen LogP contribution < -0.4 is 10.1 Å². The number of carbonyl (C=O) groups is 2. The van der Waals surface area contributed by atoms with E-state index in [1.54, 1.807) is 31.2 Å². The van der Waals surface area contributed by atoms with E-state index < -0.39 is 5.97 Å².